The van der Waals surface area contributed by atoms with Crippen LogP contribution in [0.5, 0.6) is 5.75 Å². The summed E-state index contributed by atoms with van der Waals surface area (Å²) in [4.78, 5) is 23.8. The summed E-state index contributed by atoms with van der Waals surface area (Å²) in [5, 5.41) is 11.9. The van der Waals surface area contributed by atoms with E-state index in [2.05, 4.69) is 11.4 Å². The van der Waals surface area contributed by atoms with Crippen LogP contribution < -0.4 is 10.1 Å². The Balaban J connectivity index is 1.98. The molecule has 1 aliphatic carbocycles. The zero-order valence-electron chi connectivity index (χ0n) is 13.8. The van der Waals surface area contributed by atoms with Crippen LogP contribution >= 0.6 is 0 Å². The highest BCUT2D eigenvalue weighted by atomic mass is 16.5. The first-order valence-electron chi connectivity index (χ1n) is 7.87. The highest BCUT2D eigenvalue weighted by Gasteiger charge is 2.30. The number of Topliss-reactive ketones (excluding diaryl/α,β-unsaturated/α-hetero) is 1. The lowest BCUT2D eigenvalue weighted by molar-refractivity contribution is -0.124. The molecule has 0 heterocycles. The molecular weight excluding hydrogens is 292 g/mol. The number of carbonyl (C=O) groups is 2. The molecular formula is C18H22N2O3. The number of fused-ring (bicyclic) bond motifs is 1. The molecule has 0 saturated heterocycles. The van der Waals surface area contributed by atoms with E-state index >= 15 is 0 Å². The van der Waals surface area contributed by atoms with Crippen molar-refractivity contribution in [2.45, 2.75) is 45.6 Å². The fraction of sp³-hybridized carbons (Fsp3) is 0.500. The zero-order chi connectivity index (χ0) is 17.0. The largest absolute Gasteiger partial charge is 0.484 e. The van der Waals surface area contributed by atoms with Gasteiger partial charge in [0.25, 0.3) is 5.91 Å². The summed E-state index contributed by atoms with van der Waals surface area (Å²) in [7, 11) is 0. The number of aryl methyl sites for hydroxylation is 1. The molecule has 0 aromatic heterocycles. The van der Waals surface area contributed by atoms with Crippen molar-refractivity contribution in [1.29, 1.82) is 5.26 Å². The van der Waals surface area contributed by atoms with Gasteiger partial charge in [0.15, 0.2) is 12.4 Å². The van der Waals surface area contributed by atoms with Crippen molar-refractivity contribution in [3.8, 4) is 11.8 Å². The minimum absolute atomic E-state index is 0.00814. The van der Waals surface area contributed by atoms with Crippen LogP contribution in [-0.2, 0) is 11.2 Å². The van der Waals surface area contributed by atoms with Crippen LogP contribution in [0.1, 0.15) is 49.5 Å². The van der Waals surface area contributed by atoms with Gasteiger partial charge < -0.3 is 10.1 Å². The number of nitriles is 1. The first kappa shape index (κ1) is 17.0. The number of benzene rings is 1. The lowest BCUT2D eigenvalue weighted by atomic mass is 9.90. The van der Waals surface area contributed by atoms with Gasteiger partial charge in [-0.2, -0.15) is 5.26 Å². The van der Waals surface area contributed by atoms with Crippen molar-refractivity contribution in [2.24, 2.45) is 5.92 Å². The van der Waals surface area contributed by atoms with E-state index in [9.17, 15) is 14.9 Å². The number of rotatable bonds is 5. The normalized spacial score (nSPS) is 16.2. The van der Waals surface area contributed by atoms with Crippen LogP contribution in [0.3, 0.4) is 0 Å². The summed E-state index contributed by atoms with van der Waals surface area (Å²) in [6, 6.07) is 7.42. The van der Waals surface area contributed by atoms with Gasteiger partial charge >= 0.3 is 0 Å². The predicted octanol–water partition coefficient (Wildman–Crippen LogP) is 2.64. The minimum atomic E-state index is -0.914. The average molecular weight is 314 g/mol. The molecule has 0 saturated carbocycles. The number of amides is 1. The molecule has 1 aliphatic rings. The Morgan fingerprint density at radius 1 is 1.43 bits per heavy atom. The van der Waals surface area contributed by atoms with E-state index in [1.165, 1.54) is 0 Å². The Morgan fingerprint density at radius 3 is 2.83 bits per heavy atom. The van der Waals surface area contributed by atoms with Gasteiger partial charge in [-0.05, 0) is 49.4 Å². The highest BCUT2D eigenvalue weighted by molar-refractivity contribution is 5.98. The van der Waals surface area contributed by atoms with E-state index in [4.69, 9.17) is 4.74 Å². The third-order valence-electron chi connectivity index (χ3n) is 4.38. The molecule has 5 heteroatoms. The van der Waals surface area contributed by atoms with Gasteiger partial charge in [-0.25, -0.2) is 0 Å². The number of nitrogens with one attached hydrogen (secondary N) is 1. The number of nitrogens with zero attached hydrogens (tertiary/aromatic N) is 1. The molecule has 1 atom stereocenters. The molecule has 1 amide bonds. The lowest BCUT2D eigenvalue weighted by Crippen LogP contribution is -2.50. The predicted molar refractivity (Wildman–Crippen MR) is 86.2 cm³/mol. The summed E-state index contributed by atoms with van der Waals surface area (Å²) in [5.41, 5.74) is 0.816. The number of carbonyl (C=O) groups excluding carboxylic acids is 2. The van der Waals surface area contributed by atoms with Gasteiger partial charge in [0, 0.05) is 12.0 Å². The molecule has 0 bridgehead atoms. The SMILES string of the molecule is CC(C)C(C)(C#N)NC(=O)COc1ccc2c(c1)CCCC2=O. The highest BCUT2D eigenvalue weighted by Crippen LogP contribution is 2.25. The van der Waals surface area contributed by atoms with Crippen LogP contribution in [0, 0.1) is 17.2 Å². The molecule has 0 radical (unpaired) electrons. The monoisotopic (exact) mass is 314 g/mol. The number of ether oxygens (including phenoxy) is 1. The first-order chi connectivity index (χ1) is 10.9. The van der Waals surface area contributed by atoms with E-state index in [0.717, 1.165) is 24.0 Å². The average Bonchev–Trinajstić information content (AvgIpc) is 2.52. The Bertz CT molecular complexity index is 661. The summed E-state index contributed by atoms with van der Waals surface area (Å²) in [6.07, 6.45) is 2.30. The van der Waals surface area contributed by atoms with Crippen LogP contribution in [0.15, 0.2) is 18.2 Å². The van der Waals surface area contributed by atoms with Crippen LogP contribution in [0.25, 0.3) is 0 Å². The van der Waals surface area contributed by atoms with Crippen molar-refractivity contribution in [2.75, 3.05) is 6.61 Å². The lowest BCUT2D eigenvalue weighted by Gasteiger charge is -2.27. The zero-order valence-corrected chi connectivity index (χ0v) is 13.8. The van der Waals surface area contributed by atoms with Gasteiger partial charge in [0.2, 0.25) is 0 Å². The Labute approximate surface area is 136 Å². The van der Waals surface area contributed by atoms with Gasteiger partial charge in [-0.1, -0.05) is 13.8 Å². The Kier molecular flexibility index (Phi) is 5.05. The molecule has 0 aliphatic heterocycles. The third kappa shape index (κ3) is 3.89. The second-order valence-electron chi connectivity index (χ2n) is 6.40. The van der Waals surface area contributed by atoms with Crippen LogP contribution in [-0.4, -0.2) is 23.8 Å². The van der Waals surface area contributed by atoms with Crippen LogP contribution in [0.4, 0.5) is 0 Å². The second kappa shape index (κ2) is 6.82. The maximum Gasteiger partial charge on any atom is 0.259 e. The molecule has 5 nitrogen and oxygen atoms in total. The topological polar surface area (TPSA) is 79.2 Å². The molecule has 23 heavy (non-hydrogen) atoms. The van der Waals surface area contributed by atoms with Gasteiger partial charge in [-0.15, -0.1) is 0 Å². The van der Waals surface area contributed by atoms with E-state index in [-0.39, 0.29) is 24.2 Å². The third-order valence-corrected chi connectivity index (χ3v) is 4.38. The van der Waals surface area contributed by atoms with Crippen molar-refractivity contribution in [3.05, 3.63) is 29.3 Å². The molecule has 0 fully saturated rings. The summed E-state index contributed by atoms with van der Waals surface area (Å²) in [6.45, 7) is 5.30. The van der Waals surface area contributed by atoms with Crippen molar-refractivity contribution in [3.63, 3.8) is 0 Å². The number of ketones is 1. The van der Waals surface area contributed by atoms with Gasteiger partial charge in [0.05, 0.1) is 6.07 Å². The van der Waals surface area contributed by atoms with Crippen molar-refractivity contribution in [1.82, 2.24) is 5.32 Å². The maximum atomic E-state index is 12.0. The van der Waals surface area contributed by atoms with E-state index in [1.807, 2.05) is 19.9 Å². The maximum absolute atomic E-state index is 12.0. The molecule has 0 spiro atoms. The van der Waals surface area contributed by atoms with E-state index in [0.29, 0.717) is 12.2 Å². The molecule has 1 unspecified atom stereocenters. The van der Waals surface area contributed by atoms with Crippen molar-refractivity contribution < 1.29 is 14.3 Å². The minimum Gasteiger partial charge on any atom is -0.484 e. The van der Waals surface area contributed by atoms with Gasteiger partial charge in [0.1, 0.15) is 11.3 Å². The quantitative estimate of drug-likeness (QED) is 0.906. The van der Waals surface area contributed by atoms with E-state index < -0.39 is 5.54 Å². The molecule has 1 aromatic rings. The first-order valence-corrected chi connectivity index (χ1v) is 7.87. The fourth-order valence-electron chi connectivity index (χ4n) is 2.49. The summed E-state index contributed by atoms with van der Waals surface area (Å²) < 4.78 is 5.51. The fourth-order valence-corrected chi connectivity index (χ4v) is 2.49. The Hall–Kier alpha value is -2.35. The number of hydrogen-bond acceptors (Lipinski definition) is 4. The smallest absolute Gasteiger partial charge is 0.259 e. The second-order valence-corrected chi connectivity index (χ2v) is 6.40. The van der Waals surface area contributed by atoms with Crippen molar-refractivity contribution >= 4 is 11.7 Å². The molecule has 122 valence electrons. The number of hydrogen-bond donors (Lipinski definition) is 1. The van der Waals surface area contributed by atoms with Crippen LogP contribution in [0.2, 0.25) is 0 Å². The molecule has 2 rings (SSSR count). The van der Waals surface area contributed by atoms with Gasteiger partial charge in [-0.3, -0.25) is 9.59 Å². The molecule has 1 N–H and O–H groups in total. The standard InChI is InChI=1S/C18H22N2O3/c1-12(2)18(3,11-19)20-17(22)10-23-14-7-8-15-13(9-14)5-4-6-16(15)21/h7-9,12H,4-6,10H2,1-3H3,(H,20,22). The molecule has 1 aromatic carbocycles. The Morgan fingerprint density at radius 2 is 2.17 bits per heavy atom. The summed E-state index contributed by atoms with van der Waals surface area (Å²) in [5.74, 6) is 0.386. The van der Waals surface area contributed by atoms with E-state index in [1.54, 1.807) is 19.1 Å². The summed E-state index contributed by atoms with van der Waals surface area (Å²) >= 11 is 0.